The van der Waals surface area contributed by atoms with E-state index in [-0.39, 0.29) is 12.4 Å². The van der Waals surface area contributed by atoms with E-state index in [9.17, 15) is 4.79 Å². The molecule has 0 radical (unpaired) electrons. The molecule has 3 nitrogen and oxygen atoms in total. The summed E-state index contributed by atoms with van der Waals surface area (Å²) in [6.07, 6.45) is 4.38. The molecule has 1 aliphatic carbocycles. The highest BCUT2D eigenvalue weighted by Gasteiger charge is 2.26. The number of ketones is 1. The lowest BCUT2D eigenvalue weighted by Gasteiger charge is -2.37. The zero-order chi connectivity index (χ0) is 14.5. The quantitative estimate of drug-likeness (QED) is 0.778. The summed E-state index contributed by atoms with van der Waals surface area (Å²) in [4.78, 5) is 14.8. The zero-order valence-electron chi connectivity index (χ0n) is 12.6. The minimum absolute atomic E-state index is 0.195. The van der Waals surface area contributed by atoms with Crippen LogP contribution in [0.3, 0.4) is 0 Å². The van der Waals surface area contributed by atoms with Crippen LogP contribution in [0.25, 0.3) is 0 Å². The van der Waals surface area contributed by atoms with Crippen LogP contribution < -0.4 is 0 Å². The van der Waals surface area contributed by atoms with Gasteiger partial charge < -0.3 is 5.11 Å². The number of aryl methyl sites for hydroxylation is 2. The van der Waals surface area contributed by atoms with Crippen molar-refractivity contribution >= 4 is 5.78 Å². The third kappa shape index (κ3) is 3.68. The molecule has 0 unspecified atom stereocenters. The molecule has 1 N–H and O–H groups in total. The van der Waals surface area contributed by atoms with Crippen molar-refractivity contribution in [3.05, 3.63) is 34.9 Å². The number of carbonyl (C=O) groups is 1. The molecule has 20 heavy (non-hydrogen) atoms. The van der Waals surface area contributed by atoms with Gasteiger partial charge in [-0.05, 0) is 44.7 Å². The van der Waals surface area contributed by atoms with Gasteiger partial charge in [0.05, 0.1) is 6.54 Å². The summed E-state index contributed by atoms with van der Waals surface area (Å²) in [7, 11) is 0. The summed E-state index contributed by atoms with van der Waals surface area (Å²) in [5.41, 5.74) is 3.03. The fraction of sp³-hybridized carbons (Fsp3) is 0.588. The van der Waals surface area contributed by atoms with Gasteiger partial charge in [0.15, 0.2) is 5.78 Å². The van der Waals surface area contributed by atoms with E-state index >= 15 is 0 Å². The zero-order valence-corrected chi connectivity index (χ0v) is 12.6. The summed E-state index contributed by atoms with van der Waals surface area (Å²) < 4.78 is 0. The Morgan fingerprint density at radius 2 is 2.10 bits per heavy atom. The number of aliphatic hydroxyl groups is 1. The number of Topliss-reactive ketones (excluding diaryl/α,β-unsaturated/α-hetero) is 1. The Balaban J connectivity index is 2.04. The maximum Gasteiger partial charge on any atom is 0.177 e. The molecule has 0 atom stereocenters. The smallest absolute Gasteiger partial charge is 0.177 e. The van der Waals surface area contributed by atoms with Crippen LogP contribution in [-0.4, -0.2) is 41.5 Å². The first-order valence-corrected chi connectivity index (χ1v) is 7.57. The predicted molar refractivity (Wildman–Crippen MR) is 81.2 cm³/mol. The summed E-state index contributed by atoms with van der Waals surface area (Å²) in [6, 6.07) is 6.59. The molecule has 110 valence electrons. The van der Waals surface area contributed by atoms with Gasteiger partial charge in [-0.1, -0.05) is 24.1 Å². The lowest BCUT2D eigenvalue weighted by atomic mass is 9.90. The molecule has 0 spiro atoms. The van der Waals surface area contributed by atoms with E-state index in [1.54, 1.807) is 0 Å². The molecule has 1 aliphatic rings. The second-order valence-electron chi connectivity index (χ2n) is 5.87. The second kappa shape index (κ2) is 7.00. The van der Waals surface area contributed by atoms with Gasteiger partial charge in [-0.15, -0.1) is 0 Å². The van der Waals surface area contributed by atoms with E-state index in [2.05, 4.69) is 4.90 Å². The van der Waals surface area contributed by atoms with E-state index in [0.717, 1.165) is 29.7 Å². The molecule has 0 aliphatic heterocycles. The number of rotatable bonds is 7. The molecule has 0 amide bonds. The molecular formula is C17H25NO2. The van der Waals surface area contributed by atoms with E-state index in [1.165, 1.54) is 19.3 Å². The van der Waals surface area contributed by atoms with Crippen LogP contribution in [0.4, 0.5) is 0 Å². The van der Waals surface area contributed by atoms with Crippen LogP contribution in [0.5, 0.6) is 0 Å². The number of carbonyl (C=O) groups excluding carboxylic acids is 1. The van der Waals surface area contributed by atoms with Gasteiger partial charge in [0, 0.05) is 24.8 Å². The van der Waals surface area contributed by atoms with Crippen molar-refractivity contribution < 1.29 is 9.90 Å². The first kappa shape index (κ1) is 15.2. The highest BCUT2D eigenvalue weighted by molar-refractivity contribution is 5.99. The van der Waals surface area contributed by atoms with Crippen LogP contribution in [-0.2, 0) is 0 Å². The van der Waals surface area contributed by atoms with Crippen LogP contribution in [0.2, 0.25) is 0 Å². The average Bonchev–Trinajstić information content (AvgIpc) is 2.36. The minimum Gasteiger partial charge on any atom is -0.396 e. The van der Waals surface area contributed by atoms with Crippen molar-refractivity contribution in [2.45, 2.75) is 45.6 Å². The predicted octanol–water partition coefficient (Wildman–Crippen LogP) is 2.72. The first-order valence-electron chi connectivity index (χ1n) is 7.57. The summed E-state index contributed by atoms with van der Waals surface area (Å²) in [5, 5.41) is 9.01. The van der Waals surface area contributed by atoms with Crippen molar-refractivity contribution in [2.75, 3.05) is 19.7 Å². The Bertz CT molecular complexity index is 466. The Morgan fingerprint density at radius 1 is 1.35 bits per heavy atom. The van der Waals surface area contributed by atoms with Crippen molar-refractivity contribution in [2.24, 2.45) is 0 Å². The van der Waals surface area contributed by atoms with Gasteiger partial charge >= 0.3 is 0 Å². The maximum absolute atomic E-state index is 12.5. The van der Waals surface area contributed by atoms with Crippen LogP contribution in [0.1, 0.15) is 47.2 Å². The molecule has 0 saturated heterocycles. The summed E-state index contributed by atoms with van der Waals surface area (Å²) in [6.45, 7) is 5.51. The summed E-state index contributed by atoms with van der Waals surface area (Å²) >= 11 is 0. The van der Waals surface area contributed by atoms with Gasteiger partial charge in [0.2, 0.25) is 0 Å². The maximum atomic E-state index is 12.5. The Hall–Kier alpha value is -1.19. The fourth-order valence-corrected chi connectivity index (χ4v) is 2.72. The molecule has 1 aromatic rings. The molecule has 1 saturated carbocycles. The van der Waals surface area contributed by atoms with Crippen molar-refractivity contribution in [3.8, 4) is 0 Å². The van der Waals surface area contributed by atoms with Crippen molar-refractivity contribution in [1.29, 1.82) is 0 Å². The lowest BCUT2D eigenvalue weighted by molar-refractivity contribution is 0.0787. The summed E-state index contributed by atoms with van der Waals surface area (Å²) in [5.74, 6) is 0.205. The molecule has 2 rings (SSSR count). The number of nitrogens with zero attached hydrogens (tertiary/aromatic N) is 1. The highest BCUT2D eigenvalue weighted by atomic mass is 16.3. The topological polar surface area (TPSA) is 40.5 Å². The molecule has 0 aromatic heterocycles. The molecule has 1 aromatic carbocycles. The van der Waals surface area contributed by atoms with Gasteiger partial charge in [-0.3, -0.25) is 9.69 Å². The van der Waals surface area contributed by atoms with Crippen molar-refractivity contribution in [3.63, 3.8) is 0 Å². The Labute approximate surface area is 121 Å². The molecular weight excluding hydrogens is 250 g/mol. The third-order valence-electron chi connectivity index (χ3n) is 4.23. The standard InChI is InChI=1S/C17H25NO2/c1-13-7-8-14(2)16(11-13)17(20)12-18(9-4-10-19)15-5-3-6-15/h7-8,11,15,19H,3-6,9-10,12H2,1-2H3. The third-order valence-corrected chi connectivity index (χ3v) is 4.23. The minimum atomic E-state index is 0.195. The first-order chi connectivity index (χ1) is 9.61. The number of aliphatic hydroxyl groups excluding tert-OH is 1. The number of benzene rings is 1. The monoisotopic (exact) mass is 275 g/mol. The van der Waals surface area contributed by atoms with Gasteiger partial charge in [0.25, 0.3) is 0 Å². The highest BCUT2D eigenvalue weighted by Crippen LogP contribution is 2.25. The van der Waals surface area contributed by atoms with Crippen LogP contribution >= 0.6 is 0 Å². The average molecular weight is 275 g/mol. The van der Waals surface area contributed by atoms with Crippen LogP contribution in [0, 0.1) is 13.8 Å². The van der Waals surface area contributed by atoms with Crippen LogP contribution in [0.15, 0.2) is 18.2 Å². The van der Waals surface area contributed by atoms with Gasteiger partial charge in [-0.2, -0.15) is 0 Å². The SMILES string of the molecule is Cc1ccc(C)c(C(=O)CN(CCCO)C2CCC2)c1. The number of hydrogen-bond donors (Lipinski definition) is 1. The van der Waals surface area contributed by atoms with Crippen molar-refractivity contribution in [1.82, 2.24) is 4.90 Å². The lowest BCUT2D eigenvalue weighted by Crippen LogP contribution is -2.43. The largest absolute Gasteiger partial charge is 0.396 e. The van der Waals surface area contributed by atoms with Gasteiger partial charge in [-0.25, -0.2) is 0 Å². The molecule has 3 heteroatoms. The van der Waals surface area contributed by atoms with E-state index < -0.39 is 0 Å². The van der Waals surface area contributed by atoms with E-state index in [0.29, 0.717) is 12.6 Å². The molecule has 0 bridgehead atoms. The Morgan fingerprint density at radius 3 is 2.70 bits per heavy atom. The second-order valence-corrected chi connectivity index (χ2v) is 5.87. The van der Waals surface area contributed by atoms with E-state index in [4.69, 9.17) is 5.11 Å². The number of hydrogen-bond acceptors (Lipinski definition) is 3. The normalized spacial score (nSPS) is 15.4. The molecule has 0 heterocycles. The van der Waals surface area contributed by atoms with E-state index in [1.807, 2.05) is 32.0 Å². The fourth-order valence-electron chi connectivity index (χ4n) is 2.72. The Kier molecular flexibility index (Phi) is 5.32. The van der Waals surface area contributed by atoms with Gasteiger partial charge in [0.1, 0.15) is 0 Å². The molecule has 1 fully saturated rings.